The van der Waals surface area contributed by atoms with Crippen molar-refractivity contribution >= 4 is 12.3 Å². The lowest BCUT2D eigenvalue weighted by molar-refractivity contribution is -0.139. The Hall–Kier alpha value is -1.27. The van der Waals surface area contributed by atoms with Crippen LogP contribution in [0.15, 0.2) is 0 Å². The van der Waals surface area contributed by atoms with E-state index in [9.17, 15) is 22.8 Å². The first kappa shape index (κ1) is 11.7. The van der Waals surface area contributed by atoms with Crippen LogP contribution in [0.3, 0.4) is 0 Å². The van der Waals surface area contributed by atoms with Crippen molar-refractivity contribution in [3.63, 3.8) is 0 Å². The molecule has 0 atom stereocenters. The lowest BCUT2D eigenvalue weighted by Gasteiger charge is -2.11. The van der Waals surface area contributed by atoms with Crippen LogP contribution in [-0.2, 0) is 9.59 Å². The van der Waals surface area contributed by atoms with E-state index in [1.165, 1.54) is 7.05 Å². The molecule has 0 aromatic carbocycles. The number of carbonyl (C=O) groups excluding carboxylic acids is 2. The number of amides is 2. The summed E-state index contributed by atoms with van der Waals surface area (Å²) >= 11 is 0. The monoisotopic (exact) mass is 198 g/mol. The van der Waals surface area contributed by atoms with Gasteiger partial charge in [0.25, 0.3) is 0 Å². The third-order valence-corrected chi connectivity index (χ3v) is 1.06. The molecule has 7 heteroatoms. The highest BCUT2D eigenvalue weighted by atomic mass is 19.4. The van der Waals surface area contributed by atoms with Crippen LogP contribution in [0.1, 0.15) is 0 Å². The van der Waals surface area contributed by atoms with Gasteiger partial charge in [-0.3, -0.25) is 9.59 Å². The average Bonchev–Trinajstić information content (AvgIpc) is 1.99. The van der Waals surface area contributed by atoms with Gasteiger partial charge in [-0.1, -0.05) is 0 Å². The maximum atomic E-state index is 11.5. The van der Waals surface area contributed by atoms with Gasteiger partial charge in [0.1, 0.15) is 6.54 Å². The Morgan fingerprint density at radius 2 is 2.08 bits per heavy atom. The van der Waals surface area contributed by atoms with E-state index < -0.39 is 18.6 Å². The maximum Gasteiger partial charge on any atom is 0.405 e. The number of likely N-dealkylation sites (N-methyl/N-ethyl adjacent to an activating group) is 1. The van der Waals surface area contributed by atoms with Crippen molar-refractivity contribution < 1.29 is 22.8 Å². The third kappa shape index (κ3) is 7.10. The van der Waals surface area contributed by atoms with Crippen LogP contribution in [-0.4, -0.2) is 43.5 Å². The molecule has 0 aliphatic carbocycles. The molecule has 4 nitrogen and oxygen atoms in total. The molecular formula is C6H9F3N2O2. The highest BCUT2D eigenvalue weighted by molar-refractivity contribution is 5.79. The fraction of sp³-hybridized carbons (Fsp3) is 0.667. The number of rotatable bonds is 4. The summed E-state index contributed by atoms with van der Waals surface area (Å²) in [5.41, 5.74) is 0. The molecule has 0 aliphatic rings. The summed E-state index contributed by atoms with van der Waals surface area (Å²) in [4.78, 5) is 21.5. The maximum absolute atomic E-state index is 11.5. The highest BCUT2D eigenvalue weighted by Gasteiger charge is 2.27. The van der Waals surface area contributed by atoms with Crippen LogP contribution in [0.25, 0.3) is 0 Å². The minimum absolute atomic E-state index is 0.354. The van der Waals surface area contributed by atoms with Gasteiger partial charge in [-0.05, 0) is 0 Å². The topological polar surface area (TPSA) is 49.4 Å². The van der Waals surface area contributed by atoms with Crippen molar-refractivity contribution in [1.82, 2.24) is 10.2 Å². The number of alkyl halides is 3. The number of hydrogen-bond acceptors (Lipinski definition) is 2. The summed E-state index contributed by atoms with van der Waals surface area (Å²) in [5.74, 6) is -0.841. The molecule has 0 bridgehead atoms. The number of nitrogens with one attached hydrogen (secondary N) is 1. The van der Waals surface area contributed by atoms with E-state index in [2.05, 4.69) is 0 Å². The minimum Gasteiger partial charge on any atom is -0.345 e. The first-order chi connectivity index (χ1) is 5.85. The van der Waals surface area contributed by atoms with Crippen molar-refractivity contribution in [3.05, 3.63) is 0 Å². The predicted octanol–water partition coefficient (Wildman–Crippen LogP) is -0.247. The number of carbonyl (C=O) groups is 2. The van der Waals surface area contributed by atoms with E-state index in [-0.39, 0.29) is 6.54 Å². The van der Waals surface area contributed by atoms with Gasteiger partial charge in [-0.15, -0.1) is 0 Å². The van der Waals surface area contributed by atoms with Gasteiger partial charge in [0.05, 0.1) is 6.54 Å². The Labute approximate surface area is 72.7 Å². The molecule has 1 N–H and O–H groups in total. The largest absolute Gasteiger partial charge is 0.405 e. The van der Waals surface area contributed by atoms with Crippen molar-refractivity contribution in [2.45, 2.75) is 6.18 Å². The zero-order valence-electron chi connectivity index (χ0n) is 6.89. The summed E-state index contributed by atoms with van der Waals surface area (Å²) in [6, 6.07) is 0. The van der Waals surface area contributed by atoms with Gasteiger partial charge in [-0.2, -0.15) is 13.2 Å². The van der Waals surface area contributed by atoms with E-state index in [1.54, 1.807) is 5.32 Å². The second-order valence-corrected chi connectivity index (χ2v) is 2.41. The van der Waals surface area contributed by atoms with Gasteiger partial charge in [0.15, 0.2) is 0 Å². The molecule has 0 radical (unpaired) electrons. The first-order valence-corrected chi connectivity index (χ1v) is 3.34. The molecular weight excluding hydrogens is 189 g/mol. The lowest BCUT2D eigenvalue weighted by atomic mass is 10.5. The van der Waals surface area contributed by atoms with E-state index in [0.717, 1.165) is 4.90 Å². The molecule has 0 heterocycles. The molecule has 0 spiro atoms. The molecule has 0 saturated heterocycles. The van der Waals surface area contributed by atoms with Crippen LogP contribution >= 0.6 is 0 Å². The minimum atomic E-state index is -4.42. The van der Waals surface area contributed by atoms with Crippen molar-refractivity contribution in [2.24, 2.45) is 0 Å². The Bertz CT molecular complexity index is 193. The van der Waals surface area contributed by atoms with Crippen LogP contribution in [0, 0.1) is 0 Å². The van der Waals surface area contributed by atoms with Gasteiger partial charge in [0, 0.05) is 7.05 Å². The second kappa shape index (κ2) is 4.68. The fourth-order valence-corrected chi connectivity index (χ4v) is 0.518. The van der Waals surface area contributed by atoms with Crippen LogP contribution in [0.2, 0.25) is 0 Å². The summed E-state index contributed by atoms with van der Waals surface area (Å²) in [6.07, 6.45) is -4.07. The van der Waals surface area contributed by atoms with Crippen molar-refractivity contribution in [1.29, 1.82) is 0 Å². The molecule has 0 rings (SSSR count). The molecule has 0 fully saturated rings. The number of halogens is 3. The molecule has 0 saturated carbocycles. The quantitative estimate of drug-likeness (QED) is 0.633. The normalized spacial score (nSPS) is 10.8. The molecule has 0 unspecified atom stereocenters. The SMILES string of the molecule is CN(C=O)CC(=O)NCC(F)(F)F. The zero-order chi connectivity index (χ0) is 10.5. The third-order valence-electron chi connectivity index (χ3n) is 1.06. The van der Waals surface area contributed by atoms with E-state index in [4.69, 9.17) is 0 Å². The molecule has 0 aliphatic heterocycles. The second-order valence-electron chi connectivity index (χ2n) is 2.41. The molecule has 13 heavy (non-hydrogen) atoms. The van der Waals surface area contributed by atoms with Gasteiger partial charge >= 0.3 is 6.18 Å². The number of hydrogen-bond donors (Lipinski definition) is 1. The van der Waals surface area contributed by atoms with Crippen LogP contribution in [0.4, 0.5) is 13.2 Å². The van der Waals surface area contributed by atoms with Crippen molar-refractivity contribution in [2.75, 3.05) is 20.1 Å². The van der Waals surface area contributed by atoms with Gasteiger partial charge in [-0.25, -0.2) is 0 Å². The lowest BCUT2D eigenvalue weighted by Crippen LogP contribution is -2.39. The van der Waals surface area contributed by atoms with E-state index in [0.29, 0.717) is 6.41 Å². The Balaban J connectivity index is 3.70. The van der Waals surface area contributed by atoms with Crippen LogP contribution < -0.4 is 5.32 Å². The van der Waals surface area contributed by atoms with E-state index >= 15 is 0 Å². The Kier molecular flexibility index (Phi) is 4.22. The molecule has 0 aromatic rings. The van der Waals surface area contributed by atoms with E-state index in [1.807, 2.05) is 0 Å². The number of nitrogens with zero attached hydrogens (tertiary/aromatic N) is 1. The van der Waals surface area contributed by atoms with Crippen LogP contribution in [0.5, 0.6) is 0 Å². The summed E-state index contributed by atoms with van der Waals surface area (Å²) in [5, 5.41) is 1.62. The average molecular weight is 198 g/mol. The Morgan fingerprint density at radius 1 is 1.54 bits per heavy atom. The standard InChI is InChI=1S/C6H9F3N2O2/c1-11(4-12)2-5(13)10-3-6(7,8)9/h4H,2-3H2,1H3,(H,10,13). The van der Waals surface area contributed by atoms with Gasteiger partial charge < -0.3 is 10.2 Å². The fourth-order valence-electron chi connectivity index (χ4n) is 0.518. The molecule has 2 amide bonds. The molecule has 76 valence electrons. The molecule has 0 aromatic heterocycles. The summed E-state index contributed by atoms with van der Waals surface area (Å²) < 4.78 is 34.6. The summed E-state index contributed by atoms with van der Waals surface area (Å²) in [6.45, 7) is -1.75. The van der Waals surface area contributed by atoms with Crippen molar-refractivity contribution in [3.8, 4) is 0 Å². The summed E-state index contributed by atoms with van der Waals surface area (Å²) in [7, 11) is 1.29. The Morgan fingerprint density at radius 3 is 2.46 bits per heavy atom. The first-order valence-electron chi connectivity index (χ1n) is 3.34. The smallest absolute Gasteiger partial charge is 0.345 e. The zero-order valence-corrected chi connectivity index (χ0v) is 6.89. The highest BCUT2D eigenvalue weighted by Crippen LogP contribution is 2.11. The predicted molar refractivity (Wildman–Crippen MR) is 37.8 cm³/mol. The van der Waals surface area contributed by atoms with Gasteiger partial charge in [0.2, 0.25) is 12.3 Å².